The monoisotopic (exact) mass is 942 g/mol. The van der Waals surface area contributed by atoms with Crippen LogP contribution in [0.4, 0.5) is 0 Å². The molecule has 0 aliphatic heterocycles. The number of aliphatic hydroxyl groups excluding tert-OH is 2. The quantitative estimate of drug-likeness (QED) is 0.0321. The number of carbonyl (C=O) groups is 2. The second kappa shape index (κ2) is 56.7. The molecule has 0 heterocycles. The van der Waals surface area contributed by atoms with Crippen LogP contribution in [0.3, 0.4) is 0 Å². The molecular weight excluding hydrogens is 827 g/mol. The summed E-state index contributed by atoms with van der Waals surface area (Å²) in [5.41, 5.74) is 0. The Hall–Kier alpha value is -1.92. The summed E-state index contributed by atoms with van der Waals surface area (Å²) in [6.07, 6.45) is 70.5. The number of allylic oxidation sites excluding steroid dienone is 5. The van der Waals surface area contributed by atoms with Gasteiger partial charge in [-0.05, 0) is 64.2 Å². The van der Waals surface area contributed by atoms with E-state index in [0.29, 0.717) is 19.4 Å². The van der Waals surface area contributed by atoms with Crippen molar-refractivity contribution in [2.24, 2.45) is 0 Å². The number of nitrogens with one attached hydrogen (secondary N) is 1. The zero-order chi connectivity index (χ0) is 48.6. The highest BCUT2D eigenvalue weighted by molar-refractivity contribution is 5.76. The maximum atomic E-state index is 12.4. The van der Waals surface area contributed by atoms with Crippen LogP contribution in [0.25, 0.3) is 0 Å². The molecule has 0 fully saturated rings. The first-order valence-corrected chi connectivity index (χ1v) is 29.8. The average molecular weight is 943 g/mol. The summed E-state index contributed by atoms with van der Waals surface area (Å²) >= 11 is 0. The molecule has 0 aliphatic carbocycles. The minimum atomic E-state index is -0.841. The van der Waals surface area contributed by atoms with E-state index >= 15 is 0 Å². The first-order valence-electron chi connectivity index (χ1n) is 29.8. The van der Waals surface area contributed by atoms with Gasteiger partial charge in [0.1, 0.15) is 0 Å². The molecular formula is C61H115NO5. The molecule has 394 valence electrons. The van der Waals surface area contributed by atoms with Crippen molar-refractivity contribution in [1.29, 1.82) is 0 Å². The number of hydrogen-bond donors (Lipinski definition) is 3. The van der Waals surface area contributed by atoms with Crippen molar-refractivity contribution >= 4 is 11.9 Å². The van der Waals surface area contributed by atoms with E-state index in [0.717, 1.165) is 51.4 Å². The first-order chi connectivity index (χ1) is 33.0. The molecule has 0 aromatic rings. The van der Waals surface area contributed by atoms with Gasteiger partial charge >= 0.3 is 5.97 Å². The lowest BCUT2D eigenvalue weighted by atomic mass is 10.0. The summed E-state index contributed by atoms with van der Waals surface area (Å²) in [6, 6.07) is -0.625. The molecule has 2 unspecified atom stereocenters. The summed E-state index contributed by atoms with van der Waals surface area (Å²) in [7, 11) is 0. The number of amides is 1. The van der Waals surface area contributed by atoms with Gasteiger partial charge in [-0.15, -0.1) is 0 Å². The lowest BCUT2D eigenvalue weighted by Crippen LogP contribution is -2.45. The third kappa shape index (κ3) is 53.3. The third-order valence-electron chi connectivity index (χ3n) is 13.7. The number of esters is 1. The minimum absolute atomic E-state index is 0.00687. The molecule has 0 saturated carbocycles. The van der Waals surface area contributed by atoms with Gasteiger partial charge in [0.15, 0.2) is 0 Å². The van der Waals surface area contributed by atoms with Crippen LogP contribution >= 0.6 is 0 Å². The van der Waals surface area contributed by atoms with E-state index in [9.17, 15) is 19.8 Å². The molecule has 67 heavy (non-hydrogen) atoms. The maximum Gasteiger partial charge on any atom is 0.305 e. The van der Waals surface area contributed by atoms with Gasteiger partial charge in [0.05, 0.1) is 25.4 Å². The van der Waals surface area contributed by atoms with Crippen molar-refractivity contribution in [2.45, 2.75) is 328 Å². The summed E-state index contributed by atoms with van der Waals surface area (Å²) in [5.74, 6) is -0.0625. The van der Waals surface area contributed by atoms with Gasteiger partial charge in [0, 0.05) is 12.8 Å². The standard InChI is InChI=1S/C61H115NO5/c1-3-5-7-9-11-13-14-15-16-25-29-32-35-39-43-47-51-55-61(66)67-56-52-48-44-40-36-33-30-27-24-22-20-18-17-19-21-23-26-28-31-34-38-42-46-50-54-60(65)62-58(57-63)59(64)53-49-45-41-37-12-10-8-6-4-2/h11,13,15-16,49,53,58-59,63-64H,3-10,12,14,17-48,50-52,54-57H2,1-2H3,(H,62,65)/b13-11-,16-15-,53-49+. The van der Waals surface area contributed by atoms with Crippen molar-refractivity contribution < 1.29 is 24.5 Å². The molecule has 0 aliphatic rings. The summed E-state index contributed by atoms with van der Waals surface area (Å²) in [4.78, 5) is 24.5. The number of carbonyl (C=O) groups excluding carboxylic acids is 2. The Bertz CT molecular complexity index is 1090. The molecule has 0 saturated heterocycles. The van der Waals surface area contributed by atoms with E-state index < -0.39 is 12.1 Å². The van der Waals surface area contributed by atoms with E-state index in [1.165, 1.54) is 238 Å². The molecule has 1 amide bonds. The molecule has 6 heteroatoms. The highest BCUT2D eigenvalue weighted by atomic mass is 16.5. The van der Waals surface area contributed by atoms with Crippen LogP contribution in [0.15, 0.2) is 36.5 Å². The van der Waals surface area contributed by atoms with Gasteiger partial charge in [-0.25, -0.2) is 0 Å². The molecule has 2 atom stereocenters. The van der Waals surface area contributed by atoms with Gasteiger partial charge in [-0.3, -0.25) is 9.59 Å². The average Bonchev–Trinajstić information content (AvgIpc) is 3.33. The lowest BCUT2D eigenvalue weighted by Gasteiger charge is -2.20. The molecule has 0 radical (unpaired) electrons. The van der Waals surface area contributed by atoms with Crippen LogP contribution in [0.1, 0.15) is 316 Å². The Kier molecular flexibility index (Phi) is 55.0. The molecule has 0 aromatic heterocycles. The molecule has 6 nitrogen and oxygen atoms in total. The summed E-state index contributed by atoms with van der Waals surface area (Å²) < 4.78 is 5.49. The van der Waals surface area contributed by atoms with Gasteiger partial charge in [-0.2, -0.15) is 0 Å². The Morgan fingerprint density at radius 3 is 1.16 bits per heavy atom. The van der Waals surface area contributed by atoms with E-state index in [2.05, 4.69) is 43.5 Å². The fraction of sp³-hybridized carbons (Fsp3) is 0.869. The first kappa shape index (κ1) is 65.1. The van der Waals surface area contributed by atoms with E-state index in [1.54, 1.807) is 6.08 Å². The van der Waals surface area contributed by atoms with Crippen molar-refractivity contribution in [3.63, 3.8) is 0 Å². The third-order valence-corrected chi connectivity index (χ3v) is 13.7. The van der Waals surface area contributed by atoms with Gasteiger partial charge in [-0.1, -0.05) is 275 Å². The smallest absolute Gasteiger partial charge is 0.305 e. The van der Waals surface area contributed by atoms with Gasteiger partial charge < -0.3 is 20.3 Å². The minimum Gasteiger partial charge on any atom is -0.466 e. The summed E-state index contributed by atoms with van der Waals surface area (Å²) in [6.45, 7) is 4.85. The number of rotatable bonds is 55. The van der Waals surface area contributed by atoms with Crippen molar-refractivity contribution in [3.8, 4) is 0 Å². The van der Waals surface area contributed by atoms with Crippen molar-refractivity contribution in [1.82, 2.24) is 5.32 Å². The Morgan fingerprint density at radius 1 is 0.418 bits per heavy atom. The van der Waals surface area contributed by atoms with Crippen LogP contribution in [-0.2, 0) is 14.3 Å². The van der Waals surface area contributed by atoms with E-state index in [4.69, 9.17) is 4.74 Å². The topological polar surface area (TPSA) is 95.9 Å². The number of ether oxygens (including phenoxy) is 1. The SMILES string of the molecule is CCCCC/C=C\C/C=C\CCCCCCCCCC(=O)OCCCCCCCCCCCCCCCCCCCCCCCCCCC(=O)NC(CO)C(O)/C=C/CCCCCCCCC. The van der Waals surface area contributed by atoms with Crippen molar-refractivity contribution in [2.75, 3.05) is 13.2 Å². The van der Waals surface area contributed by atoms with E-state index in [1.807, 2.05) is 6.08 Å². The number of hydrogen-bond acceptors (Lipinski definition) is 5. The molecule has 0 aromatic carbocycles. The van der Waals surface area contributed by atoms with Crippen LogP contribution in [0.2, 0.25) is 0 Å². The fourth-order valence-electron chi connectivity index (χ4n) is 9.08. The van der Waals surface area contributed by atoms with Crippen LogP contribution in [-0.4, -0.2) is 47.4 Å². The predicted molar refractivity (Wildman–Crippen MR) is 292 cm³/mol. The molecule has 0 rings (SSSR count). The Labute approximate surface area is 417 Å². The second-order valence-corrected chi connectivity index (χ2v) is 20.3. The predicted octanol–water partition coefficient (Wildman–Crippen LogP) is 18.4. The van der Waals surface area contributed by atoms with Gasteiger partial charge in [0.25, 0.3) is 0 Å². The van der Waals surface area contributed by atoms with Crippen LogP contribution in [0, 0.1) is 0 Å². The normalized spacial score (nSPS) is 12.8. The lowest BCUT2D eigenvalue weighted by molar-refractivity contribution is -0.143. The Balaban J connectivity index is 3.35. The zero-order valence-electron chi connectivity index (χ0n) is 44.9. The number of unbranched alkanes of at least 4 members (excludes halogenated alkanes) is 40. The molecule has 0 spiro atoms. The number of aliphatic hydroxyl groups is 2. The zero-order valence-corrected chi connectivity index (χ0v) is 44.9. The highest BCUT2D eigenvalue weighted by Gasteiger charge is 2.18. The molecule has 0 bridgehead atoms. The molecule has 3 N–H and O–H groups in total. The summed E-state index contributed by atoms with van der Waals surface area (Å²) in [5, 5.41) is 22.9. The highest BCUT2D eigenvalue weighted by Crippen LogP contribution is 2.17. The largest absolute Gasteiger partial charge is 0.466 e. The van der Waals surface area contributed by atoms with Gasteiger partial charge in [0.2, 0.25) is 5.91 Å². The van der Waals surface area contributed by atoms with Crippen LogP contribution in [0.5, 0.6) is 0 Å². The maximum absolute atomic E-state index is 12.4. The van der Waals surface area contributed by atoms with Crippen molar-refractivity contribution in [3.05, 3.63) is 36.5 Å². The Morgan fingerprint density at radius 2 is 0.746 bits per heavy atom. The van der Waals surface area contributed by atoms with Crippen LogP contribution < -0.4 is 5.32 Å². The second-order valence-electron chi connectivity index (χ2n) is 20.3. The van der Waals surface area contributed by atoms with E-state index in [-0.39, 0.29) is 18.5 Å². The fourth-order valence-corrected chi connectivity index (χ4v) is 9.08.